The van der Waals surface area contributed by atoms with Crippen LogP contribution in [0.15, 0.2) is 0 Å². The summed E-state index contributed by atoms with van der Waals surface area (Å²) in [5.74, 6) is 3.62. The summed E-state index contributed by atoms with van der Waals surface area (Å²) in [6, 6.07) is 0. The van der Waals surface area contributed by atoms with Gasteiger partial charge in [0.25, 0.3) is 0 Å². The molecule has 0 heteroatoms. The first-order valence-electron chi connectivity index (χ1n) is 3.82. The summed E-state index contributed by atoms with van der Waals surface area (Å²) >= 11 is 0. The molecule has 3 aliphatic rings. The van der Waals surface area contributed by atoms with E-state index in [1.165, 1.54) is 17.8 Å². The fourth-order valence-corrected chi connectivity index (χ4v) is 3.57. The zero-order valence-electron chi connectivity index (χ0n) is 5.35. The van der Waals surface area contributed by atoms with Gasteiger partial charge < -0.3 is 0 Å². The lowest BCUT2D eigenvalue weighted by atomic mass is 9.72. The van der Waals surface area contributed by atoms with Crippen LogP contribution < -0.4 is 0 Å². The molecule has 0 bridgehead atoms. The van der Waals surface area contributed by atoms with E-state index in [1.807, 2.05) is 0 Å². The van der Waals surface area contributed by atoms with E-state index in [4.69, 9.17) is 0 Å². The molecule has 0 spiro atoms. The molecule has 0 aliphatic heterocycles. The maximum absolute atomic E-state index is 2.48. The molecule has 0 heterocycles. The molecule has 0 nitrogen and oxygen atoms in total. The van der Waals surface area contributed by atoms with Crippen LogP contribution in [-0.4, -0.2) is 0 Å². The second kappa shape index (κ2) is 0.778. The van der Waals surface area contributed by atoms with Gasteiger partial charge in [-0.25, -0.2) is 0 Å². The Labute approximate surface area is 50.3 Å². The Morgan fingerprint density at radius 2 is 2.25 bits per heavy atom. The molecule has 3 aliphatic carbocycles. The quantitative estimate of drug-likeness (QED) is 0.445. The zero-order chi connectivity index (χ0) is 5.35. The minimum atomic E-state index is 0.906. The summed E-state index contributed by atoms with van der Waals surface area (Å²) in [6.45, 7) is 2.48. The Bertz CT molecular complexity index is 144. The molecule has 0 N–H and O–H groups in total. The first kappa shape index (κ1) is 3.92. The van der Waals surface area contributed by atoms with Crippen LogP contribution in [0.3, 0.4) is 0 Å². The summed E-state index contributed by atoms with van der Waals surface area (Å²) in [7, 11) is 0. The largest absolute Gasteiger partial charge is 0.0591 e. The third kappa shape index (κ3) is 0.191. The van der Waals surface area contributed by atoms with Gasteiger partial charge in [-0.15, -0.1) is 0 Å². The van der Waals surface area contributed by atoms with Crippen LogP contribution in [0.1, 0.15) is 26.2 Å². The topological polar surface area (TPSA) is 0 Å². The molecule has 0 saturated heterocycles. The second-order valence-corrected chi connectivity index (χ2v) is 4.18. The average Bonchev–Trinajstić information content (AvgIpc) is 2.15. The third-order valence-electron chi connectivity index (χ3n) is 3.99. The first-order chi connectivity index (χ1) is 3.82. The second-order valence-electron chi connectivity index (χ2n) is 4.18. The van der Waals surface area contributed by atoms with Gasteiger partial charge in [0.05, 0.1) is 0 Å². The first-order valence-corrected chi connectivity index (χ1v) is 3.82. The molecule has 4 atom stereocenters. The van der Waals surface area contributed by atoms with E-state index >= 15 is 0 Å². The van der Waals surface area contributed by atoms with E-state index in [1.54, 1.807) is 19.3 Å². The van der Waals surface area contributed by atoms with Crippen LogP contribution in [0.4, 0.5) is 0 Å². The molecule has 0 radical (unpaired) electrons. The molecule has 0 aromatic heterocycles. The number of fused-ring (bicyclic) bond motifs is 1. The molecule has 0 amide bonds. The Morgan fingerprint density at radius 3 is 2.50 bits per heavy atom. The van der Waals surface area contributed by atoms with Gasteiger partial charge >= 0.3 is 0 Å². The molecule has 8 heavy (non-hydrogen) atoms. The fourth-order valence-electron chi connectivity index (χ4n) is 3.57. The lowest BCUT2D eigenvalue weighted by molar-refractivity contribution is 0.171. The van der Waals surface area contributed by atoms with Crippen LogP contribution in [0, 0.1) is 23.2 Å². The van der Waals surface area contributed by atoms with Crippen LogP contribution in [0.5, 0.6) is 0 Å². The number of hydrogen-bond donors (Lipinski definition) is 0. The van der Waals surface area contributed by atoms with Crippen molar-refractivity contribution in [3.8, 4) is 0 Å². The molecule has 0 aromatic carbocycles. The monoisotopic (exact) mass is 108 g/mol. The van der Waals surface area contributed by atoms with E-state index in [0.29, 0.717) is 0 Å². The lowest BCUT2D eigenvalue weighted by Gasteiger charge is -2.32. The van der Waals surface area contributed by atoms with Crippen molar-refractivity contribution in [2.75, 3.05) is 0 Å². The van der Waals surface area contributed by atoms with Gasteiger partial charge in [0, 0.05) is 0 Å². The smallest absolute Gasteiger partial charge is 0.0258 e. The van der Waals surface area contributed by atoms with Crippen molar-refractivity contribution < 1.29 is 0 Å². The maximum atomic E-state index is 2.48. The van der Waals surface area contributed by atoms with Crippen LogP contribution in [0.2, 0.25) is 0 Å². The van der Waals surface area contributed by atoms with Gasteiger partial charge in [-0.2, -0.15) is 0 Å². The Balaban J connectivity index is 2.05. The normalized spacial score (nSPS) is 73.9. The van der Waals surface area contributed by atoms with Crippen molar-refractivity contribution in [3.63, 3.8) is 0 Å². The van der Waals surface area contributed by atoms with Gasteiger partial charge in [0.1, 0.15) is 0 Å². The molecular weight excluding hydrogens is 96.1 g/mol. The van der Waals surface area contributed by atoms with E-state index < -0.39 is 0 Å². The number of hydrogen-bond acceptors (Lipinski definition) is 0. The van der Waals surface area contributed by atoms with Gasteiger partial charge in [0.15, 0.2) is 0 Å². The summed E-state index contributed by atoms with van der Waals surface area (Å²) < 4.78 is 0. The van der Waals surface area contributed by atoms with Crippen LogP contribution in [-0.2, 0) is 0 Å². The Kier molecular flexibility index (Phi) is 0.381. The van der Waals surface area contributed by atoms with Crippen LogP contribution >= 0.6 is 0 Å². The highest BCUT2D eigenvalue weighted by atomic mass is 14.8. The van der Waals surface area contributed by atoms with Gasteiger partial charge in [0.2, 0.25) is 0 Å². The van der Waals surface area contributed by atoms with Crippen molar-refractivity contribution in [2.45, 2.75) is 26.2 Å². The van der Waals surface area contributed by atoms with Gasteiger partial charge in [-0.1, -0.05) is 6.92 Å². The van der Waals surface area contributed by atoms with Crippen molar-refractivity contribution in [1.82, 2.24) is 0 Å². The van der Waals surface area contributed by atoms with Gasteiger partial charge in [-0.3, -0.25) is 0 Å². The fraction of sp³-hybridized carbons (Fsp3) is 1.00. The highest BCUT2D eigenvalue weighted by molar-refractivity contribution is 5.22. The third-order valence-corrected chi connectivity index (χ3v) is 3.99. The van der Waals surface area contributed by atoms with Crippen LogP contribution in [0.25, 0.3) is 0 Å². The SMILES string of the molecule is CC12C[C@@H]3CCC1C32. The molecule has 44 valence electrons. The van der Waals surface area contributed by atoms with Crippen molar-refractivity contribution in [1.29, 1.82) is 0 Å². The highest BCUT2D eigenvalue weighted by Gasteiger charge is 2.74. The van der Waals surface area contributed by atoms with Crippen molar-refractivity contribution in [2.24, 2.45) is 23.2 Å². The van der Waals surface area contributed by atoms with Crippen molar-refractivity contribution in [3.05, 3.63) is 0 Å². The summed E-state index contributed by atoms with van der Waals surface area (Å²) in [5, 5.41) is 0. The molecule has 3 saturated carbocycles. The minimum Gasteiger partial charge on any atom is -0.0591 e. The maximum Gasteiger partial charge on any atom is -0.0258 e. The summed E-state index contributed by atoms with van der Waals surface area (Å²) in [5.41, 5.74) is 0.906. The van der Waals surface area contributed by atoms with E-state index in [2.05, 4.69) is 6.92 Å². The predicted molar refractivity (Wildman–Crippen MR) is 32.4 cm³/mol. The molecule has 3 rings (SSSR count). The zero-order valence-corrected chi connectivity index (χ0v) is 5.35. The molecule has 3 fully saturated rings. The summed E-state index contributed by atoms with van der Waals surface area (Å²) in [4.78, 5) is 0. The van der Waals surface area contributed by atoms with Crippen molar-refractivity contribution >= 4 is 0 Å². The van der Waals surface area contributed by atoms with E-state index in [9.17, 15) is 0 Å². The predicted octanol–water partition coefficient (Wildman–Crippen LogP) is 2.05. The Hall–Kier alpha value is 0. The highest BCUT2D eigenvalue weighted by Crippen LogP contribution is 2.81. The Morgan fingerprint density at radius 1 is 1.38 bits per heavy atom. The van der Waals surface area contributed by atoms with E-state index in [0.717, 1.165) is 5.41 Å². The lowest BCUT2D eigenvalue weighted by Crippen LogP contribution is -2.24. The standard InChI is InChI=1S/C8H12/c1-8-4-5-2-3-6(8)7(5)8/h5-7H,2-4H2,1H3/t5-,6?,7?,8?/m0/s1. The molecule has 0 aromatic rings. The molecular formula is C8H12. The van der Waals surface area contributed by atoms with Gasteiger partial charge in [-0.05, 0) is 42.4 Å². The minimum absolute atomic E-state index is 0.906. The molecule has 3 unspecified atom stereocenters. The average molecular weight is 108 g/mol. The number of rotatable bonds is 0. The van der Waals surface area contributed by atoms with E-state index in [-0.39, 0.29) is 0 Å². The summed E-state index contributed by atoms with van der Waals surface area (Å²) in [6.07, 6.45) is 4.74.